The molecule has 0 fully saturated rings. The first kappa shape index (κ1) is 20.2. The summed E-state index contributed by atoms with van der Waals surface area (Å²) < 4.78 is 43.8. The summed E-state index contributed by atoms with van der Waals surface area (Å²) in [5.74, 6) is 0. The summed E-state index contributed by atoms with van der Waals surface area (Å²) in [6.45, 7) is 1.52. The third kappa shape index (κ3) is 3.74. The fraction of sp³-hybridized carbons (Fsp3) is 0.100. The number of fused-ring (bicyclic) bond motifs is 1. The van der Waals surface area contributed by atoms with Crippen LogP contribution in [0.15, 0.2) is 53.0 Å². The van der Waals surface area contributed by atoms with Gasteiger partial charge in [0.1, 0.15) is 0 Å². The Bertz CT molecular complexity index is 1250. The van der Waals surface area contributed by atoms with Crippen LogP contribution in [0.2, 0.25) is 10.0 Å². The molecule has 2 aromatic heterocycles. The first-order chi connectivity index (χ1) is 13.6. The van der Waals surface area contributed by atoms with Crippen molar-refractivity contribution >= 4 is 50.2 Å². The molecule has 0 spiro atoms. The van der Waals surface area contributed by atoms with Crippen molar-refractivity contribution in [3.8, 4) is 16.9 Å². The number of aromatic nitrogens is 3. The number of hydrogen-bond donors (Lipinski definition) is 0. The zero-order valence-corrected chi connectivity index (χ0v) is 17.8. The molecule has 2 aromatic carbocycles. The van der Waals surface area contributed by atoms with Crippen molar-refractivity contribution < 1.29 is 13.2 Å². The maximum absolute atomic E-state index is 13.9. The van der Waals surface area contributed by atoms with Gasteiger partial charge in [-0.05, 0) is 43.3 Å². The molecule has 4 aromatic rings. The number of pyridine rings is 1. The van der Waals surface area contributed by atoms with Crippen molar-refractivity contribution in [3.05, 3.63) is 74.3 Å². The molecule has 0 aliphatic heterocycles. The van der Waals surface area contributed by atoms with E-state index in [0.717, 1.165) is 10.5 Å². The second-order valence-corrected chi connectivity index (χ2v) is 8.09. The van der Waals surface area contributed by atoms with E-state index in [9.17, 15) is 13.2 Å². The lowest BCUT2D eigenvalue weighted by atomic mass is 10.1. The first-order valence-corrected chi connectivity index (χ1v) is 9.89. The lowest BCUT2D eigenvalue weighted by molar-refractivity contribution is -0.136. The Kier molecular flexibility index (Phi) is 5.09. The van der Waals surface area contributed by atoms with E-state index in [4.69, 9.17) is 23.2 Å². The largest absolute Gasteiger partial charge is 0.417 e. The average Bonchev–Trinajstić information content (AvgIpc) is 2.99. The number of hydrogen-bond acceptors (Lipinski definition) is 2. The number of benzene rings is 2. The average molecular weight is 501 g/mol. The highest BCUT2D eigenvalue weighted by Gasteiger charge is 2.36. The third-order valence-electron chi connectivity index (χ3n) is 4.39. The summed E-state index contributed by atoms with van der Waals surface area (Å²) in [4.78, 5) is 4.51. The second-order valence-electron chi connectivity index (χ2n) is 6.36. The number of alkyl halides is 3. The van der Waals surface area contributed by atoms with Gasteiger partial charge in [-0.2, -0.15) is 18.3 Å². The normalized spacial score (nSPS) is 12.0. The predicted octanol–water partition coefficient (Wildman–Crippen LogP) is 7.48. The minimum Gasteiger partial charge on any atom is -0.228 e. The molecule has 0 saturated carbocycles. The van der Waals surface area contributed by atoms with Gasteiger partial charge in [0.2, 0.25) is 0 Å². The SMILES string of the molecule is Cc1nn(-c2ccc(Cl)c(Cl)c2)c2nc(-c3cccc(Br)c3)cc(C(F)(F)F)c12. The summed E-state index contributed by atoms with van der Waals surface area (Å²) in [6, 6.07) is 12.7. The topological polar surface area (TPSA) is 30.7 Å². The van der Waals surface area contributed by atoms with Gasteiger partial charge in [0.05, 0.1) is 38.1 Å². The molecule has 148 valence electrons. The Morgan fingerprint density at radius 3 is 2.41 bits per heavy atom. The van der Waals surface area contributed by atoms with Crippen LogP contribution in [0, 0.1) is 6.92 Å². The van der Waals surface area contributed by atoms with Crippen LogP contribution in [0.4, 0.5) is 13.2 Å². The summed E-state index contributed by atoms with van der Waals surface area (Å²) in [6.07, 6.45) is -4.57. The lowest BCUT2D eigenvalue weighted by Gasteiger charge is -2.12. The third-order valence-corrected chi connectivity index (χ3v) is 5.62. The maximum Gasteiger partial charge on any atom is 0.417 e. The number of nitrogens with zero attached hydrogens (tertiary/aromatic N) is 3. The van der Waals surface area contributed by atoms with Crippen LogP contribution in [0.1, 0.15) is 11.3 Å². The molecule has 0 radical (unpaired) electrons. The van der Waals surface area contributed by atoms with Crippen LogP contribution >= 0.6 is 39.1 Å². The van der Waals surface area contributed by atoms with Crippen molar-refractivity contribution in [2.45, 2.75) is 13.1 Å². The van der Waals surface area contributed by atoms with E-state index in [1.54, 1.807) is 36.4 Å². The fourth-order valence-electron chi connectivity index (χ4n) is 3.10. The van der Waals surface area contributed by atoms with Crippen molar-refractivity contribution in [1.82, 2.24) is 14.8 Å². The second kappa shape index (κ2) is 7.31. The Balaban J connectivity index is 2.07. The van der Waals surface area contributed by atoms with Crippen LogP contribution < -0.4 is 0 Å². The van der Waals surface area contributed by atoms with Gasteiger partial charge in [-0.15, -0.1) is 0 Å². The predicted molar refractivity (Wildman–Crippen MR) is 112 cm³/mol. The summed E-state index contributed by atoms with van der Waals surface area (Å²) in [5.41, 5.74) is 0.710. The molecule has 29 heavy (non-hydrogen) atoms. The molecule has 3 nitrogen and oxygen atoms in total. The minimum atomic E-state index is -4.57. The van der Waals surface area contributed by atoms with Gasteiger partial charge in [-0.1, -0.05) is 51.3 Å². The van der Waals surface area contributed by atoms with E-state index in [1.807, 2.05) is 0 Å². The molecule has 0 aliphatic rings. The van der Waals surface area contributed by atoms with Gasteiger partial charge in [0.25, 0.3) is 0 Å². The van der Waals surface area contributed by atoms with Gasteiger partial charge in [0.15, 0.2) is 5.65 Å². The highest BCUT2D eigenvalue weighted by molar-refractivity contribution is 9.10. The summed E-state index contributed by atoms with van der Waals surface area (Å²) in [5, 5.41) is 4.85. The Hall–Kier alpha value is -2.09. The van der Waals surface area contributed by atoms with Gasteiger partial charge >= 0.3 is 6.18 Å². The quantitative estimate of drug-likeness (QED) is 0.285. The molecule has 0 N–H and O–H groups in total. The van der Waals surface area contributed by atoms with E-state index in [0.29, 0.717) is 16.3 Å². The standard InChI is InChI=1S/C20H11BrCl2F3N3/c1-10-18-14(20(24,25)26)9-17(11-3-2-4-12(21)7-11)27-19(18)29(28-10)13-5-6-15(22)16(23)8-13/h2-9H,1H3. The number of rotatable bonds is 2. The molecule has 0 bridgehead atoms. The van der Waals surface area contributed by atoms with Crippen LogP contribution in [0.3, 0.4) is 0 Å². The smallest absolute Gasteiger partial charge is 0.228 e. The Labute approximate surface area is 182 Å². The molecule has 0 unspecified atom stereocenters. The van der Waals surface area contributed by atoms with Crippen molar-refractivity contribution in [1.29, 1.82) is 0 Å². The van der Waals surface area contributed by atoms with Gasteiger partial charge < -0.3 is 0 Å². The van der Waals surface area contributed by atoms with E-state index >= 15 is 0 Å². The highest BCUT2D eigenvalue weighted by Crippen LogP contribution is 2.39. The van der Waals surface area contributed by atoms with E-state index in [-0.39, 0.29) is 27.4 Å². The van der Waals surface area contributed by atoms with Gasteiger partial charge in [-0.25, -0.2) is 9.67 Å². The zero-order valence-electron chi connectivity index (χ0n) is 14.7. The van der Waals surface area contributed by atoms with Crippen molar-refractivity contribution in [3.63, 3.8) is 0 Å². The molecule has 0 saturated heterocycles. The fourth-order valence-corrected chi connectivity index (χ4v) is 3.80. The molecule has 0 aliphatic carbocycles. The molecule has 0 amide bonds. The number of halogens is 6. The Morgan fingerprint density at radius 1 is 1.00 bits per heavy atom. The van der Waals surface area contributed by atoms with E-state index in [2.05, 4.69) is 26.0 Å². The Morgan fingerprint density at radius 2 is 1.76 bits per heavy atom. The number of aryl methyl sites for hydroxylation is 1. The summed E-state index contributed by atoms with van der Waals surface area (Å²) in [7, 11) is 0. The molecule has 4 rings (SSSR count). The molecular formula is C20H11BrCl2F3N3. The molecule has 0 atom stereocenters. The maximum atomic E-state index is 13.9. The lowest BCUT2D eigenvalue weighted by Crippen LogP contribution is -2.08. The molecule has 9 heteroatoms. The van der Waals surface area contributed by atoms with Crippen LogP contribution in [0.5, 0.6) is 0 Å². The van der Waals surface area contributed by atoms with E-state index < -0.39 is 11.7 Å². The van der Waals surface area contributed by atoms with E-state index in [1.165, 1.54) is 17.7 Å². The van der Waals surface area contributed by atoms with Crippen LogP contribution in [-0.2, 0) is 6.18 Å². The monoisotopic (exact) mass is 499 g/mol. The zero-order chi connectivity index (χ0) is 20.9. The minimum absolute atomic E-state index is 0.0534. The first-order valence-electron chi connectivity index (χ1n) is 8.34. The summed E-state index contributed by atoms with van der Waals surface area (Å²) >= 11 is 15.4. The van der Waals surface area contributed by atoms with Gasteiger partial charge in [-0.3, -0.25) is 0 Å². The van der Waals surface area contributed by atoms with Gasteiger partial charge in [0, 0.05) is 10.0 Å². The van der Waals surface area contributed by atoms with Crippen molar-refractivity contribution in [2.24, 2.45) is 0 Å². The highest BCUT2D eigenvalue weighted by atomic mass is 79.9. The molecular weight excluding hydrogens is 490 g/mol. The van der Waals surface area contributed by atoms with Crippen LogP contribution in [-0.4, -0.2) is 14.8 Å². The van der Waals surface area contributed by atoms with Crippen LogP contribution in [0.25, 0.3) is 28.0 Å². The molecule has 2 heterocycles. The van der Waals surface area contributed by atoms with Crippen molar-refractivity contribution in [2.75, 3.05) is 0 Å².